The third-order valence-corrected chi connectivity index (χ3v) is 4.72. The van der Waals surface area contributed by atoms with Crippen molar-refractivity contribution >= 4 is 34.2 Å². The summed E-state index contributed by atoms with van der Waals surface area (Å²) in [4.78, 5) is 33.4. The monoisotopic (exact) mass is 358 g/mol. The van der Waals surface area contributed by atoms with Crippen LogP contribution in [0.2, 0.25) is 5.02 Å². The molecule has 1 aliphatic heterocycles. The van der Waals surface area contributed by atoms with E-state index in [0.717, 1.165) is 22.1 Å². The van der Waals surface area contributed by atoms with Crippen molar-refractivity contribution in [2.75, 3.05) is 11.4 Å². The summed E-state index contributed by atoms with van der Waals surface area (Å²) in [5.41, 5.74) is 6.86. The lowest BCUT2D eigenvalue weighted by Gasteiger charge is -2.24. The molecular weight excluding hydrogens is 344 g/mol. The van der Waals surface area contributed by atoms with Gasteiger partial charge in [-0.2, -0.15) is 9.78 Å². The maximum atomic E-state index is 12.7. The summed E-state index contributed by atoms with van der Waals surface area (Å²) in [6, 6.07) is 6.94. The number of aromatic nitrogens is 4. The summed E-state index contributed by atoms with van der Waals surface area (Å²) in [6.07, 6.45) is 2.91. The summed E-state index contributed by atoms with van der Waals surface area (Å²) < 4.78 is 1.11. The van der Waals surface area contributed by atoms with Crippen molar-refractivity contribution in [3.8, 4) is 5.95 Å². The fraction of sp³-hybridized carbons (Fsp3) is 0.250. The molecule has 4 rings (SSSR count). The van der Waals surface area contributed by atoms with Crippen LogP contribution >= 0.6 is 11.6 Å². The molecule has 128 valence electrons. The molecule has 25 heavy (non-hydrogen) atoms. The molecule has 0 spiro atoms. The molecule has 1 atom stereocenters. The van der Waals surface area contributed by atoms with Crippen molar-refractivity contribution in [1.29, 1.82) is 0 Å². The van der Waals surface area contributed by atoms with Gasteiger partial charge < -0.3 is 15.6 Å². The number of nitrogens with two attached hydrogens (primary N) is 1. The van der Waals surface area contributed by atoms with Crippen LogP contribution in [-0.4, -0.2) is 38.2 Å². The van der Waals surface area contributed by atoms with Gasteiger partial charge in [-0.25, -0.2) is 4.98 Å². The zero-order valence-corrected chi connectivity index (χ0v) is 13.9. The number of benzene rings is 1. The number of fused-ring (bicyclic) bond motifs is 1. The molecule has 1 fully saturated rings. The first kappa shape index (κ1) is 15.6. The average molecular weight is 359 g/mol. The van der Waals surface area contributed by atoms with Crippen LogP contribution < -0.4 is 16.2 Å². The highest BCUT2D eigenvalue weighted by Crippen LogP contribution is 2.29. The number of carbonyl (C=O) groups excluding carboxylic acids is 1. The molecule has 1 amide bonds. The first-order valence-corrected chi connectivity index (χ1v) is 8.23. The van der Waals surface area contributed by atoms with Gasteiger partial charge >= 0.3 is 0 Å². The van der Waals surface area contributed by atoms with Gasteiger partial charge in [-0.15, -0.1) is 0 Å². The van der Waals surface area contributed by atoms with Gasteiger partial charge in [0.25, 0.3) is 5.56 Å². The maximum Gasteiger partial charge on any atom is 0.295 e. The van der Waals surface area contributed by atoms with Gasteiger partial charge in [-0.1, -0.05) is 23.7 Å². The molecule has 0 radical (unpaired) electrons. The zero-order valence-electron chi connectivity index (χ0n) is 13.1. The minimum atomic E-state index is -0.506. The van der Waals surface area contributed by atoms with Crippen LogP contribution in [0.25, 0.3) is 17.0 Å². The summed E-state index contributed by atoms with van der Waals surface area (Å²) in [7, 11) is 0. The molecule has 3 aromatic rings. The zero-order chi connectivity index (χ0) is 17.6. The fourth-order valence-electron chi connectivity index (χ4n) is 3.17. The maximum absolute atomic E-state index is 12.7. The number of para-hydroxylation sites is 2. The summed E-state index contributed by atoms with van der Waals surface area (Å²) in [5, 5.41) is 4.16. The highest BCUT2D eigenvalue weighted by Gasteiger charge is 2.31. The van der Waals surface area contributed by atoms with Crippen molar-refractivity contribution in [2.45, 2.75) is 18.9 Å². The number of aromatic amines is 1. The number of primary amides is 1. The smallest absolute Gasteiger partial charge is 0.295 e. The largest absolute Gasteiger partial charge is 0.368 e. The van der Waals surface area contributed by atoms with Gasteiger partial charge in [0.2, 0.25) is 11.9 Å². The van der Waals surface area contributed by atoms with Gasteiger partial charge in [0.05, 0.1) is 22.9 Å². The molecule has 2 aromatic heterocycles. The van der Waals surface area contributed by atoms with Crippen LogP contribution in [0.5, 0.6) is 0 Å². The van der Waals surface area contributed by atoms with E-state index in [4.69, 9.17) is 17.3 Å². The molecule has 3 N–H and O–H groups in total. The fourth-order valence-corrected chi connectivity index (χ4v) is 3.40. The van der Waals surface area contributed by atoms with E-state index in [1.807, 2.05) is 24.3 Å². The van der Waals surface area contributed by atoms with E-state index in [1.54, 1.807) is 4.90 Å². The Kier molecular flexibility index (Phi) is 3.69. The summed E-state index contributed by atoms with van der Waals surface area (Å²) >= 11 is 6.29. The number of hydrogen-bond acceptors (Lipinski definition) is 5. The lowest BCUT2D eigenvalue weighted by Crippen LogP contribution is -2.41. The Balaban J connectivity index is 1.78. The van der Waals surface area contributed by atoms with E-state index < -0.39 is 17.5 Å². The van der Waals surface area contributed by atoms with E-state index in [9.17, 15) is 9.59 Å². The molecule has 1 aromatic carbocycles. The van der Waals surface area contributed by atoms with Crippen LogP contribution in [0.15, 0.2) is 35.3 Å². The minimum Gasteiger partial charge on any atom is -0.368 e. The lowest BCUT2D eigenvalue weighted by molar-refractivity contribution is -0.119. The standard InChI is InChI=1S/C16H15ClN6O2/c17-13-12(22-7-3-6-11(22)14(18)24)8-19-23(15(13)25)16-20-9-4-1-2-5-10(9)21-16/h1-2,4-5,8,11H,3,6-7H2,(H2,18,24)(H,20,21)/t11-/m0/s1. The third kappa shape index (κ3) is 2.54. The van der Waals surface area contributed by atoms with Crippen molar-refractivity contribution in [1.82, 2.24) is 19.7 Å². The average Bonchev–Trinajstić information content (AvgIpc) is 3.23. The van der Waals surface area contributed by atoms with Crippen molar-refractivity contribution in [3.05, 3.63) is 45.8 Å². The number of nitrogens with one attached hydrogen (secondary N) is 1. The van der Waals surface area contributed by atoms with E-state index in [-0.39, 0.29) is 11.0 Å². The number of amides is 1. The third-order valence-electron chi connectivity index (χ3n) is 4.37. The van der Waals surface area contributed by atoms with Gasteiger partial charge in [-0.05, 0) is 25.0 Å². The molecule has 0 bridgehead atoms. The number of carbonyl (C=O) groups is 1. The van der Waals surface area contributed by atoms with E-state index >= 15 is 0 Å². The number of H-pyrrole nitrogens is 1. The number of imidazole rings is 1. The second-order valence-electron chi connectivity index (χ2n) is 5.89. The minimum absolute atomic E-state index is 0.0105. The second-order valence-corrected chi connectivity index (χ2v) is 6.27. The predicted octanol–water partition coefficient (Wildman–Crippen LogP) is 1.22. The number of anilines is 1. The Morgan fingerprint density at radius 1 is 1.36 bits per heavy atom. The Labute approximate surface area is 147 Å². The van der Waals surface area contributed by atoms with Crippen LogP contribution in [0, 0.1) is 0 Å². The Bertz CT molecular complexity index is 994. The Morgan fingerprint density at radius 3 is 2.92 bits per heavy atom. The van der Waals surface area contributed by atoms with Crippen molar-refractivity contribution in [2.24, 2.45) is 5.73 Å². The molecule has 1 aliphatic rings. The van der Waals surface area contributed by atoms with Crippen LogP contribution in [-0.2, 0) is 4.79 Å². The molecule has 0 saturated carbocycles. The van der Waals surface area contributed by atoms with Gasteiger partial charge in [-0.3, -0.25) is 9.59 Å². The van der Waals surface area contributed by atoms with Gasteiger partial charge in [0.15, 0.2) is 0 Å². The van der Waals surface area contributed by atoms with Crippen LogP contribution in [0.3, 0.4) is 0 Å². The number of hydrogen-bond donors (Lipinski definition) is 2. The van der Waals surface area contributed by atoms with Gasteiger partial charge in [0.1, 0.15) is 11.1 Å². The number of halogens is 1. The predicted molar refractivity (Wildman–Crippen MR) is 94.1 cm³/mol. The highest BCUT2D eigenvalue weighted by molar-refractivity contribution is 6.33. The first-order chi connectivity index (χ1) is 12.1. The number of nitrogens with zero attached hydrogens (tertiary/aromatic N) is 4. The molecule has 1 saturated heterocycles. The quantitative estimate of drug-likeness (QED) is 0.731. The van der Waals surface area contributed by atoms with E-state index in [0.29, 0.717) is 18.7 Å². The Morgan fingerprint density at radius 2 is 2.16 bits per heavy atom. The molecule has 3 heterocycles. The van der Waals surface area contributed by atoms with E-state index in [2.05, 4.69) is 15.1 Å². The van der Waals surface area contributed by atoms with Crippen molar-refractivity contribution < 1.29 is 4.79 Å². The molecule has 9 heteroatoms. The van der Waals surface area contributed by atoms with E-state index in [1.165, 1.54) is 6.20 Å². The Hall–Kier alpha value is -2.87. The molecule has 8 nitrogen and oxygen atoms in total. The summed E-state index contributed by atoms with van der Waals surface area (Å²) in [6.45, 7) is 0.600. The lowest BCUT2D eigenvalue weighted by atomic mass is 10.2. The SMILES string of the molecule is NC(=O)[C@@H]1CCCN1c1cnn(-c2nc3ccccc3[nH]2)c(=O)c1Cl. The molecule has 0 unspecified atom stereocenters. The normalized spacial score (nSPS) is 17.3. The number of rotatable bonds is 3. The molecule has 0 aliphatic carbocycles. The topological polar surface area (TPSA) is 110 Å². The second kappa shape index (κ2) is 5.89. The van der Waals surface area contributed by atoms with Gasteiger partial charge in [0, 0.05) is 6.54 Å². The molecular formula is C16H15ClN6O2. The van der Waals surface area contributed by atoms with Crippen LogP contribution in [0.4, 0.5) is 5.69 Å². The summed E-state index contributed by atoms with van der Waals surface area (Å²) in [5.74, 6) is -0.150. The first-order valence-electron chi connectivity index (χ1n) is 7.85. The highest BCUT2D eigenvalue weighted by atomic mass is 35.5. The van der Waals surface area contributed by atoms with Crippen LogP contribution in [0.1, 0.15) is 12.8 Å². The van der Waals surface area contributed by atoms with Crippen molar-refractivity contribution in [3.63, 3.8) is 0 Å².